The van der Waals surface area contributed by atoms with Gasteiger partial charge in [-0.25, -0.2) is 0 Å². The van der Waals surface area contributed by atoms with Crippen LogP contribution in [0.2, 0.25) is 0 Å². The number of aryl methyl sites for hydroxylation is 1. The van der Waals surface area contributed by atoms with Gasteiger partial charge in [0, 0.05) is 29.7 Å². The molecule has 166 valence electrons. The normalized spacial score (nSPS) is 13.7. The Bertz CT molecular complexity index is 1190. The molecular weight excluding hydrogens is 406 g/mol. The lowest BCUT2D eigenvalue weighted by molar-refractivity contribution is 0.0948. The number of methoxy groups -OCH3 is 1. The molecule has 0 atom stereocenters. The number of H-pyrrole nitrogens is 1. The average Bonchev–Trinajstić information content (AvgIpc) is 3.49. The topological polar surface area (TPSA) is 127 Å². The number of hydrogen-bond donors (Lipinski definition) is 5. The summed E-state index contributed by atoms with van der Waals surface area (Å²) in [5.74, 6) is 0.724. The van der Waals surface area contributed by atoms with Crippen molar-refractivity contribution in [1.29, 1.82) is 5.41 Å². The number of hydrogen-bond acceptors (Lipinski definition) is 4. The van der Waals surface area contributed by atoms with Crippen molar-refractivity contribution in [2.45, 2.75) is 32.2 Å². The molecular formula is C23H27N7O2. The third-order valence-corrected chi connectivity index (χ3v) is 5.43. The number of nitrogens with one attached hydrogen (secondary N) is 5. The molecule has 1 aromatic heterocycles. The van der Waals surface area contributed by atoms with Gasteiger partial charge in [-0.2, -0.15) is 10.1 Å². The van der Waals surface area contributed by atoms with E-state index in [1.807, 2.05) is 18.3 Å². The summed E-state index contributed by atoms with van der Waals surface area (Å²) in [6.45, 7) is 2.08. The van der Waals surface area contributed by atoms with E-state index in [1.54, 1.807) is 25.2 Å². The maximum atomic E-state index is 12.4. The number of carbonyl (C=O) groups is 1. The zero-order valence-corrected chi connectivity index (χ0v) is 18.4. The minimum Gasteiger partial charge on any atom is -0.496 e. The quantitative estimate of drug-likeness (QED) is 0.302. The van der Waals surface area contributed by atoms with Gasteiger partial charge >= 0.3 is 0 Å². The second kappa shape index (κ2) is 9.09. The number of carbonyl (C=O) groups excluding carboxylic acids is 1. The van der Waals surface area contributed by atoms with Gasteiger partial charge in [0.05, 0.1) is 24.4 Å². The molecule has 9 nitrogen and oxygen atoms in total. The van der Waals surface area contributed by atoms with Gasteiger partial charge in [-0.1, -0.05) is 13.0 Å². The summed E-state index contributed by atoms with van der Waals surface area (Å²) < 4.78 is 5.40. The van der Waals surface area contributed by atoms with Gasteiger partial charge < -0.3 is 20.7 Å². The first kappa shape index (κ1) is 21.4. The molecule has 1 fully saturated rings. The van der Waals surface area contributed by atoms with Crippen molar-refractivity contribution in [3.8, 4) is 5.75 Å². The Hall–Kier alpha value is -3.88. The van der Waals surface area contributed by atoms with Crippen LogP contribution in [0.25, 0.3) is 10.9 Å². The van der Waals surface area contributed by atoms with E-state index >= 15 is 0 Å². The van der Waals surface area contributed by atoms with Crippen LogP contribution in [0.1, 0.15) is 41.3 Å². The van der Waals surface area contributed by atoms with E-state index < -0.39 is 0 Å². The number of fused-ring (bicyclic) bond motifs is 1. The van der Waals surface area contributed by atoms with Crippen molar-refractivity contribution < 1.29 is 9.53 Å². The lowest BCUT2D eigenvalue weighted by atomic mass is 10.1. The fraction of sp³-hybridized carbons (Fsp3) is 0.304. The van der Waals surface area contributed by atoms with Gasteiger partial charge in [-0.15, -0.1) is 0 Å². The molecule has 4 rings (SSSR count). The number of guanidine groups is 1. The predicted octanol–water partition coefficient (Wildman–Crippen LogP) is 3.04. The molecule has 0 saturated heterocycles. The highest BCUT2D eigenvalue weighted by atomic mass is 16.5. The van der Waals surface area contributed by atoms with Crippen molar-refractivity contribution in [3.05, 3.63) is 53.2 Å². The van der Waals surface area contributed by atoms with Crippen LogP contribution in [0.15, 0.2) is 41.5 Å². The van der Waals surface area contributed by atoms with Gasteiger partial charge in [-0.05, 0) is 49.1 Å². The predicted molar refractivity (Wildman–Crippen MR) is 126 cm³/mol. The van der Waals surface area contributed by atoms with Crippen molar-refractivity contribution in [3.63, 3.8) is 0 Å². The van der Waals surface area contributed by atoms with E-state index in [0.717, 1.165) is 41.4 Å². The zero-order chi connectivity index (χ0) is 22.7. The molecule has 0 spiro atoms. The molecule has 0 aliphatic heterocycles. The number of aromatic nitrogens is 2. The van der Waals surface area contributed by atoms with Crippen LogP contribution in [0.3, 0.4) is 0 Å². The molecule has 9 heteroatoms. The number of rotatable bonds is 6. The van der Waals surface area contributed by atoms with Crippen molar-refractivity contribution in [1.82, 2.24) is 20.8 Å². The Morgan fingerprint density at radius 1 is 1.31 bits per heavy atom. The summed E-state index contributed by atoms with van der Waals surface area (Å²) in [6, 6.07) is 9.22. The maximum absolute atomic E-state index is 12.4. The van der Waals surface area contributed by atoms with Crippen molar-refractivity contribution in [2.24, 2.45) is 4.99 Å². The number of amides is 1. The molecule has 1 heterocycles. The molecule has 1 aliphatic rings. The molecule has 3 aromatic rings. The Morgan fingerprint density at radius 2 is 2.12 bits per heavy atom. The van der Waals surface area contributed by atoms with Crippen LogP contribution in [0.5, 0.6) is 5.75 Å². The number of benzene rings is 2. The average molecular weight is 434 g/mol. The van der Waals surface area contributed by atoms with E-state index in [9.17, 15) is 4.79 Å². The van der Waals surface area contributed by atoms with E-state index in [2.05, 4.69) is 38.1 Å². The zero-order valence-electron chi connectivity index (χ0n) is 18.4. The minimum atomic E-state index is -0.162. The van der Waals surface area contributed by atoms with Gasteiger partial charge in [0.1, 0.15) is 5.75 Å². The summed E-state index contributed by atoms with van der Waals surface area (Å²) in [5.41, 5.74) is 3.97. The van der Waals surface area contributed by atoms with Gasteiger partial charge in [0.2, 0.25) is 5.96 Å². The van der Waals surface area contributed by atoms with E-state index in [1.165, 1.54) is 7.11 Å². The molecule has 5 N–H and O–H groups in total. The largest absolute Gasteiger partial charge is 0.496 e. The number of amidine groups is 1. The van der Waals surface area contributed by atoms with E-state index in [0.29, 0.717) is 22.8 Å². The number of aromatic amines is 1. The number of aliphatic imine (C=N–C) groups is 1. The van der Waals surface area contributed by atoms with E-state index in [4.69, 9.17) is 10.1 Å². The summed E-state index contributed by atoms with van der Waals surface area (Å²) >= 11 is 0. The highest BCUT2D eigenvalue weighted by Gasteiger charge is 2.25. The van der Waals surface area contributed by atoms with Crippen LogP contribution >= 0.6 is 0 Å². The smallest absolute Gasteiger partial charge is 0.255 e. The molecule has 0 radical (unpaired) electrons. The standard InChI is InChI=1S/C23H27N7O2/c1-4-15-17-12-26-30-19(17)10-9-18(15)28-23(25-2)29-21(24)13-5-8-16(20(11-13)32-3)22(31)27-14-6-7-14/h5,8-12,14H,4,6-7H2,1-3H3,(H,26,30)(H,27,31)(H3,24,25,28,29). The second-order valence-electron chi connectivity index (χ2n) is 7.62. The maximum Gasteiger partial charge on any atom is 0.255 e. The summed E-state index contributed by atoms with van der Waals surface area (Å²) in [4.78, 5) is 16.8. The first-order valence-electron chi connectivity index (χ1n) is 10.6. The Labute approximate surface area is 186 Å². The van der Waals surface area contributed by atoms with E-state index in [-0.39, 0.29) is 17.8 Å². The van der Waals surface area contributed by atoms with Gasteiger partial charge in [0.25, 0.3) is 5.91 Å². The number of ether oxygens (including phenoxy) is 1. The lowest BCUT2D eigenvalue weighted by Gasteiger charge is -2.14. The molecule has 0 bridgehead atoms. The SMILES string of the molecule is CCc1c(N/C(=N/C(=N)c2ccc(C(=O)NC3CC3)c(OC)c2)NC)ccc2[nH]ncc12. The molecule has 0 unspecified atom stereocenters. The molecule has 2 aromatic carbocycles. The highest BCUT2D eigenvalue weighted by molar-refractivity contribution is 6.09. The fourth-order valence-corrected chi connectivity index (χ4v) is 3.54. The van der Waals surface area contributed by atoms with Crippen LogP contribution in [0.4, 0.5) is 5.69 Å². The Balaban J connectivity index is 1.56. The van der Waals surface area contributed by atoms with Crippen molar-refractivity contribution >= 4 is 34.3 Å². The fourth-order valence-electron chi connectivity index (χ4n) is 3.54. The molecule has 32 heavy (non-hydrogen) atoms. The van der Waals surface area contributed by atoms with Crippen LogP contribution in [-0.4, -0.2) is 48.1 Å². The van der Waals surface area contributed by atoms with Gasteiger partial charge in [0.15, 0.2) is 5.84 Å². The Kier molecular flexibility index (Phi) is 6.07. The lowest BCUT2D eigenvalue weighted by Crippen LogP contribution is -2.29. The third kappa shape index (κ3) is 4.41. The van der Waals surface area contributed by atoms with Gasteiger partial charge in [-0.3, -0.25) is 15.3 Å². The van der Waals surface area contributed by atoms with Crippen LogP contribution in [0, 0.1) is 5.41 Å². The van der Waals surface area contributed by atoms with Crippen molar-refractivity contribution in [2.75, 3.05) is 19.5 Å². The Morgan fingerprint density at radius 3 is 2.81 bits per heavy atom. The number of nitrogens with zero attached hydrogens (tertiary/aromatic N) is 2. The molecule has 1 saturated carbocycles. The highest BCUT2D eigenvalue weighted by Crippen LogP contribution is 2.26. The number of anilines is 1. The minimum absolute atomic E-state index is 0.0386. The summed E-state index contributed by atoms with van der Waals surface area (Å²) in [6.07, 6.45) is 4.65. The second-order valence-corrected chi connectivity index (χ2v) is 7.62. The molecule has 1 amide bonds. The first-order chi connectivity index (χ1) is 15.5. The third-order valence-electron chi connectivity index (χ3n) is 5.43. The monoisotopic (exact) mass is 433 g/mol. The first-order valence-corrected chi connectivity index (χ1v) is 10.6. The van der Waals surface area contributed by atoms with Crippen LogP contribution in [-0.2, 0) is 6.42 Å². The van der Waals surface area contributed by atoms with Crippen LogP contribution < -0.4 is 20.7 Å². The molecule has 1 aliphatic carbocycles. The summed E-state index contributed by atoms with van der Waals surface area (Å²) in [5, 5.41) is 25.9. The summed E-state index contributed by atoms with van der Waals surface area (Å²) in [7, 11) is 3.26.